The van der Waals surface area contributed by atoms with Gasteiger partial charge in [-0.1, -0.05) is 35.4 Å². The molecule has 0 aliphatic heterocycles. The molecule has 0 heterocycles. The van der Waals surface area contributed by atoms with Crippen LogP contribution in [0.4, 0.5) is 0 Å². The monoisotopic (exact) mass is 135 g/mol. The van der Waals surface area contributed by atoms with Crippen molar-refractivity contribution in [2.24, 2.45) is 0 Å². The van der Waals surface area contributed by atoms with Gasteiger partial charge < -0.3 is 0 Å². The van der Waals surface area contributed by atoms with E-state index in [1.807, 2.05) is 10.2 Å². The van der Waals surface area contributed by atoms with Crippen LogP contribution < -0.4 is 0 Å². The molecule has 0 aromatic heterocycles. The second kappa shape index (κ2) is 2.83. The van der Waals surface area contributed by atoms with Crippen molar-refractivity contribution in [3.63, 3.8) is 0 Å². The highest BCUT2D eigenvalue weighted by Gasteiger charge is 1.85. The Balaban J connectivity index is 2.94. The Morgan fingerprint density at radius 3 is 2.67 bits per heavy atom. The lowest BCUT2D eigenvalue weighted by molar-refractivity contribution is 1.35. The largest absolute Gasteiger partial charge is 0.0617 e. The fourth-order valence-corrected chi connectivity index (χ4v) is 1.18. The zero-order valence-electron chi connectivity index (χ0n) is 5.72. The molecule has 0 bridgehead atoms. The predicted octanol–water partition coefficient (Wildman–Crippen LogP) is 1.13. The van der Waals surface area contributed by atoms with Gasteiger partial charge in [-0.3, -0.25) is 0 Å². The Bertz CT molecular complexity index is 194. The molecule has 0 saturated carbocycles. The lowest BCUT2D eigenvalue weighted by Gasteiger charge is -1.95. The SMILES string of the molecule is Cc1cccc(C[SiH2])c1. The van der Waals surface area contributed by atoms with Gasteiger partial charge in [-0.2, -0.15) is 0 Å². The third-order valence-electron chi connectivity index (χ3n) is 1.37. The minimum atomic E-state index is 1.17. The minimum absolute atomic E-state index is 1.17. The maximum absolute atomic E-state index is 2.23. The van der Waals surface area contributed by atoms with Gasteiger partial charge in [0.15, 0.2) is 0 Å². The maximum Gasteiger partial charge on any atom is 0.0138 e. The molecule has 0 aliphatic rings. The van der Waals surface area contributed by atoms with E-state index in [9.17, 15) is 0 Å². The Morgan fingerprint density at radius 1 is 1.44 bits per heavy atom. The first-order valence-electron chi connectivity index (χ1n) is 3.17. The average molecular weight is 135 g/mol. The molecule has 0 nitrogen and oxygen atoms in total. The van der Waals surface area contributed by atoms with Crippen LogP contribution in [0, 0.1) is 6.92 Å². The molecule has 9 heavy (non-hydrogen) atoms. The Morgan fingerprint density at radius 2 is 2.22 bits per heavy atom. The number of benzene rings is 1. The van der Waals surface area contributed by atoms with E-state index in [1.165, 1.54) is 17.2 Å². The van der Waals surface area contributed by atoms with Crippen LogP contribution in [-0.4, -0.2) is 10.2 Å². The van der Waals surface area contributed by atoms with Crippen LogP contribution >= 0.6 is 0 Å². The summed E-state index contributed by atoms with van der Waals surface area (Å²) >= 11 is 0. The summed E-state index contributed by atoms with van der Waals surface area (Å²) in [4.78, 5) is 0. The van der Waals surface area contributed by atoms with E-state index in [2.05, 4.69) is 31.2 Å². The van der Waals surface area contributed by atoms with Gasteiger partial charge in [0.2, 0.25) is 0 Å². The molecule has 0 spiro atoms. The summed E-state index contributed by atoms with van der Waals surface area (Å²) < 4.78 is 0. The molecule has 0 atom stereocenters. The first-order valence-corrected chi connectivity index (χ1v) is 4.17. The van der Waals surface area contributed by atoms with Crippen molar-refractivity contribution in [1.29, 1.82) is 0 Å². The normalized spacial score (nSPS) is 9.56. The van der Waals surface area contributed by atoms with Crippen LogP contribution in [-0.2, 0) is 6.04 Å². The highest BCUT2D eigenvalue weighted by Crippen LogP contribution is 2.02. The van der Waals surface area contributed by atoms with Gasteiger partial charge >= 0.3 is 0 Å². The maximum atomic E-state index is 2.23. The van der Waals surface area contributed by atoms with Crippen molar-refractivity contribution in [3.05, 3.63) is 35.4 Å². The molecular formula is C8H11Si. The van der Waals surface area contributed by atoms with Crippen molar-refractivity contribution >= 4 is 10.2 Å². The first kappa shape index (κ1) is 6.56. The summed E-state index contributed by atoms with van der Waals surface area (Å²) in [7, 11) is 2.00. The summed E-state index contributed by atoms with van der Waals surface area (Å²) in [5.41, 5.74) is 2.80. The highest BCUT2D eigenvalue weighted by molar-refractivity contribution is 6.08. The molecule has 1 aromatic rings. The molecular weight excluding hydrogens is 124 g/mol. The number of hydrogen-bond donors (Lipinski definition) is 0. The van der Waals surface area contributed by atoms with Crippen LogP contribution in [0.2, 0.25) is 0 Å². The fourth-order valence-electron chi connectivity index (χ4n) is 0.868. The number of hydrogen-bond acceptors (Lipinski definition) is 0. The lowest BCUT2D eigenvalue weighted by atomic mass is 10.2. The van der Waals surface area contributed by atoms with E-state index >= 15 is 0 Å². The second-order valence-corrected chi connectivity index (χ2v) is 2.74. The van der Waals surface area contributed by atoms with Crippen LogP contribution in [0.15, 0.2) is 24.3 Å². The third kappa shape index (κ3) is 1.68. The Labute approximate surface area is 59.3 Å². The second-order valence-electron chi connectivity index (χ2n) is 2.24. The smallest absolute Gasteiger partial charge is 0.0138 e. The van der Waals surface area contributed by atoms with E-state index in [1.54, 1.807) is 0 Å². The summed E-state index contributed by atoms with van der Waals surface area (Å²) in [5.74, 6) is 0. The molecule has 0 saturated heterocycles. The van der Waals surface area contributed by atoms with Gasteiger partial charge in [-0.05, 0) is 13.0 Å². The summed E-state index contributed by atoms with van der Waals surface area (Å²) in [6, 6.07) is 9.80. The van der Waals surface area contributed by atoms with Crippen molar-refractivity contribution in [2.45, 2.75) is 13.0 Å². The molecule has 0 N–H and O–H groups in total. The van der Waals surface area contributed by atoms with Gasteiger partial charge in [0.05, 0.1) is 0 Å². The molecule has 0 unspecified atom stereocenters. The summed E-state index contributed by atoms with van der Waals surface area (Å²) in [6.45, 7) is 2.13. The van der Waals surface area contributed by atoms with E-state index in [-0.39, 0.29) is 0 Å². The van der Waals surface area contributed by atoms with Gasteiger partial charge in [0.1, 0.15) is 0 Å². The topological polar surface area (TPSA) is 0 Å². The van der Waals surface area contributed by atoms with E-state index in [4.69, 9.17) is 0 Å². The van der Waals surface area contributed by atoms with E-state index in [0.29, 0.717) is 0 Å². The predicted molar refractivity (Wildman–Crippen MR) is 43.4 cm³/mol. The van der Waals surface area contributed by atoms with E-state index < -0.39 is 0 Å². The van der Waals surface area contributed by atoms with E-state index in [0.717, 1.165) is 0 Å². The highest BCUT2D eigenvalue weighted by atomic mass is 28.1. The molecule has 0 amide bonds. The van der Waals surface area contributed by atoms with Gasteiger partial charge in [0, 0.05) is 10.2 Å². The van der Waals surface area contributed by atoms with Crippen LogP contribution in [0.5, 0.6) is 0 Å². The molecule has 1 rings (SSSR count). The zero-order valence-corrected chi connectivity index (χ0v) is 7.14. The van der Waals surface area contributed by atoms with Crippen molar-refractivity contribution < 1.29 is 0 Å². The molecule has 0 fully saturated rings. The quantitative estimate of drug-likeness (QED) is 0.506. The van der Waals surface area contributed by atoms with Crippen molar-refractivity contribution in [1.82, 2.24) is 0 Å². The molecule has 1 radical (unpaired) electrons. The van der Waals surface area contributed by atoms with Gasteiger partial charge in [0.25, 0.3) is 0 Å². The first-order chi connectivity index (χ1) is 4.33. The van der Waals surface area contributed by atoms with Crippen LogP contribution in [0.25, 0.3) is 0 Å². The zero-order chi connectivity index (χ0) is 6.69. The van der Waals surface area contributed by atoms with Crippen molar-refractivity contribution in [3.8, 4) is 0 Å². The molecule has 0 aliphatic carbocycles. The molecule has 1 aromatic carbocycles. The van der Waals surface area contributed by atoms with Gasteiger partial charge in [-0.15, -0.1) is 0 Å². The molecule has 47 valence electrons. The number of aryl methyl sites for hydroxylation is 1. The average Bonchev–Trinajstić information content (AvgIpc) is 1.88. The van der Waals surface area contributed by atoms with Crippen LogP contribution in [0.1, 0.15) is 11.1 Å². The minimum Gasteiger partial charge on any atom is -0.0617 e. The number of rotatable bonds is 1. The Kier molecular flexibility index (Phi) is 2.06. The van der Waals surface area contributed by atoms with Gasteiger partial charge in [-0.25, -0.2) is 0 Å². The fraction of sp³-hybridized carbons (Fsp3) is 0.250. The lowest BCUT2D eigenvalue weighted by Crippen LogP contribution is -1.82. The summed E-state index contributed by atoms with van der Waals surface area (Å²) in [6.07, 6.45) is 0. The molecule has 1 heteroatoms. The standard InChI is InChI=1S/C8H11Si/c1-7-3-2-4-8(5-7)6-9/h2-5H,6,9H2,1H3. The van der Waals surface area contributed by atoms with Crippen LogP contribution in [0.3, 0.4) is 0 Å². The summed E-state index contributed by atoms with van der Waals surface area (Å²) in [5, 5.41) is 0. The third-order valence-corrected chi connectivity index (χ3v) is 1.95. The Hall–Kier alpha value is -0.563. The van der Waals surface area contributed by atoms with Crippen molar-refractivity contribution in [2.75, 3.05) is 0 Å².